The van der Waals surface area contributed by atoms with Crippen LogP contribution in [-0.4, -0.2) is 93.0 Å². The fraction of sp³-hybridized carbons (Fsp3) is 1.00. The lowest BCUT2D eigenvalue weighted by Crippen LogP contribution is -2.74. The number of phosphoric ester groups is 1. The number of nitrogens with zero attached hydrogens (tertiary/aromatic N) is 1. The number of alkyl halides is 17. The highest BCUT2D eigenvalue weighted by Crippen LogP contribution is 2.64. The molecule has 0 N–H and O–H groups in total. The summed E-state index contributed by atoms with van der Waals surface area (Å²) in [5.41, 5.74) is 0. The average molecular weight is 755 g/mol. The van der Waals surface area contributed by atoms with Gasteiger partial charge in [0.2, 0.25) is 0 Å². The molecule has 0 aliphatic rings. The van der Waals surface area contributed by atoms with E-state index in [1.165, 1.54) is 0 Å². The summed E-state index contributed by atoms with van der Waals surface area (Å²) < 4.78 is 248. The highest BCUT2D eigenvalue weighted by atomic mass is 31.2. The fourth-order valence-corrected chi connectivity index (χ4v) is 4.41. The standard InChI is InChI=1S/C24H35F17NO4P/c1-42(2,3)14-16-46-47(43,44)45-15-12-10-8-6-4-5-7-9-11-13-17(25,26)18(27,28)19(29,30)20(31,32)21(33,34)22(35,36)23(37,38)24(39,40)41/h4-16H2,1-3H3. The number of quaternary nitrogens is 1. The highest BCUT2D eigenvalue weighted by molar-refractivity contribution is 7.45. The molecule has 47 heavy (non-hydrogen) atoms. The molecule has 0 aliphatic heterocycles. The topological polar surface area (TPSA) is 58.6 Å². The maximum Gasteiger partial charge on any atom is 0.460 e. The Labute approximate surface area is 258 Å². The van der Waals surface area contributed by atoms with E-state index in [0.29, 0.717) is 43.1 Å². The van der Waals surface area contributed by atoms with E-state index in [-0.39, 0.29) is 26.1 Å². The van der Waals surface area contributed by atoms with Crippen LogP contribution in [0.5, 0.6) is 0 Å². The Morgan fingerprint density at radius 2 is 0.809 bits per heavy atom. The van der Waals surface area contributed by atoms with Crippen LogP contribution in [0.3, 0.4) is 0 Å². The second-order valence-corrected chi connectivity index (χ2v) is 13.1. The number of hydrogen-bond donors (Lipinski definition) is 0. The molecule has 0 fully saturated rings. The van der Waals surface area contributed by atoms with Crippen molar-refractivity contribution >= 4 is 7.82 Å². The van der Waals surface area contributed by atoms with Gasteiger partial charge in [0.05, 0.1) is 27.7 Å². The van der Waals surface area contributed by atoms with Gasteiger partial charge in [0.15, 0.2) is 0 Å². The minimum Gasteiger partial charge on any atom is -0.756 e. The fourth-order valence-electron chi connectivity index (χ4n) is 3.68. The molecular formula is C24H35F17NO4P. The molecule has 0 bridgehead atoms. The van der Waals surface area contributed by atoms with Crippen molar-refractivity contribution in [2.24, 2.45) is 0 Å². The molecule has 0 aromatic heterocycles. The van der Waals surface area contributed by atoms with E-state index in [2.05, 4.69) is 0 Å². The Kier molecular flexibility index (Phi) is 15.5. The SMILES string of the molecule is C[N+](C)(C)CCOP(=O)([O-])OCCCCCCCCCCCC(F)(F)C(F)(F)C(F)(F)C(F)(F)C(F)(F)C(F)(F)C(F)(F)C(F)(F)F. The van der Waals surface area contributed by atoms with Gasteiger partial charge in [0, 0.05) is 6.42 Å². The van der Waals surface area contributed by atoms with Crippen LogP contribution in [-0.2, 0) is 13.6 Å². The Morgan fingerprint density at radius 3 is 1.19 bits per heavy atom. The van der Waals surface area contributed by atoms with Crippen LogP contribution in [0.15, 0.2) is 0 Å². The molecule has 1 unspecified atom stereocenters. The third-order valence-corrected chi connectivity index (χ3v) is 7.68. The van der Waals surface area contributed by atoms with Crippen molar-refractivity contribution in [1.29, 1.82) is 0 Å². The number of phosphoric acid groups is 1. The van der Waals surface area contributed by atoms with Crippen molar-refractivity contribution in [3.05, 3.63) is 0 Å². The van der Waals surface area contributed by atoms with Gasteiger partial charge in [0.25, 0.3) is 7.82 Å². The summed E-state index contributed by atoms with van der Waals surface area (Å²) in [6.45, 7) is 0.133. The molecule has 0 aliphatic carbocycles. The van der Waals surface area contributed by atoms with Crippen LogP contribution in [0.1, 0.15) is 64.2 Å². The predicted octanol–water partition coefficient (Wildman–Crippen LogP) is 9.10. The van der Waals surface area contributed by atoms with Crippen molar-refractivity contribution in [1.82, 2.24) is 0 Å². The van der Waals surface area contributed by atoms with Crippen molar-refractivity contribution < 1.29 is 97.6 Å². The summed E-state index contributed by atoms with van der Waals surface area (Å²) in [6.07, 6.45) is -9.34. The van der Waals surface area contributed by atoms with Crippen LogP contribution in [0.4, 0.5) is 74.6 Å². The second kappa shape index (κ2) is 15.8. The molecule has 0 aromatic rings. The quantitative estimate of drug-likeness (QED) is 0.0452. The Balaban J connectivity index is 4.86. The van der Waals surface area contributed by atoms with E-state index < -0.39 is 74.7 Å². The summed E-state index contributed by atoms with van der Waals surface area (Å²) in [5, 5.41) is 0. The first-order chi connectivity index (χ1) is 20.7. The van der Waals surface area contributed by atoms with E-state index in [1.54, 1.807) is 0 Å². The van der Waals surface area contributed by atoms with E-state index >= 15 is 0 Å². The lowest BCUT2D eigenvalue weighted by atomic mass is 9.87. The molecule has 0 spiro atoms. The zero-order chi connectivity index (χ0) is 37.6. The molecule has 5 nitrogen and oxygen atoms in total. The number of likely N-dealkylation sites (N-methyl/N-ethyl adjacent to an activating group) is 1. The van der Waals surface area contributed by atoms with Gasteiger partial charge in [-0.1, -0.05) is 44.9 Å². The van der Waals surface area contributed by atoms with Crippen molar-refractivity contribution in [3.63, 3.8) is 0 Å². The van der Waals surface area contributed by atoms with E-state index in [0.717, 1.165) is 0 Å². The molecule has 1 atom stereocenters. The maximum atomic E-state index is 13.9. The van der Waals surface area contributed by atoms with Gasteiger partial charge >= 0.3 is 47.6 Å². The molecule has 0 aromatic carbocycles. The van der Waals surface area contributed by atoms with Crippen LogP contribution < -0.4 is 4.89 Å². The van der Waals surface area contributed by atoms with Gasteiger partial charge in [-0.3, -0.25) is 4.57 Å². The zero-order valence-corrected chi connectivity index (χ0v) is 26.0. The van der Waals surface area contributed by atoms with Gasteiger partial charge in [-0.25, -0.2) is 0 Å². The first-order valence-electron chi connectivity index (χ1n) is 13.8. The average Bonchev–Trinajstić information content (AvgIpc) is 2.86. The van der Waals surface area contributed by atoms with Crippen molar-refractivity contribution in [2.75, 3.05) is 40.9 Å². The second-order valence-electron chi connectivity index (χ2n) is 11.7. The monoisotopic (exact) mass is 755 g/mol. The minimum atomic E-state index is -8.62. The molecular weight excluding hydrogens is 720 g/mol. The van der Waals surface area contributed by atoms with E-state index in [9.17, 15) is 84.1 Å². The van der Waals surface area contributed by atoms with Crippen LogP contribution in [0.25, 0.3) is 0 Å². The van der Waals surface area contributed by atoms with Gasteiger partial charge in [0.1, 0.15) is 13.2 Å². The first-order valence-corrected chi connectivity index (χ1v) is 15.2. The molecule has 0 saturated heterocycles. The third kappa shape index (κ3) is 10.9. The Morgan fingerprint density at radius 1 is 0.489 bits per heavy atom. The predicted molar refractivity (Wildman–Crippen MR) is 129 cm³/mol. The summed E-state index contributed by atoms with van der Waals surface area (Å²) in [5.74, 6) is -56.1. The largest absolute Gasteiger partial charge is 0.756 e. The highest BCUT2D eigenvalue weighted by Gasteiger charge is 2.95. The number of unbranched alkanes of at least 4 members (excludes halogenated alkanes) is 8. The lowest BCUT2D eigenvalue weighted by Gasteiger charge is -2.42. The molecule has 0 amide bonds. The van der Waals surface area contributed by atoms with Gasteiger partial charge < -0.3 is 18.4 Å². The van der Waals surface area contributed by atoms with Crippen molar-refractivity contribution in [3.8, 4) is 0 Å². The van der Waals surface area contributed by atoms with E-state index in [1.807, 2.05) is 21.1 Å². The van der Waals surface area contributed by atoms with Crippen LogP contribution in [0.2, 0.25) is 0 Å². The summed E-state index contributed by atoms with van der Waals surface area (Å²) >= 11 is 0. The molecule has 23 heteroatoms. The summed E-state index contributed by atoms with van der Waals surface area (Å²) in [6, 6.07) is 0. The minimum absolute atomic E-state index is 0.0296. The Hall–Kier alpha value is -1.12. The Bertz CT molecular complexity index is 1020. The summed E-state index contributed by atoms with van der Waals surface area (Å²) in [4.78, 5) is 11.6. The zero-order valence-electron chi connectivity index (χ0n) is 25.1. The van der Waals surface area contributed by atoms with Crippen molar-refractivity contribution in [2.45, 2.75) is 112 Å². The van der Waals surface area contributed by atoms with E-state index in [4.69, 9.17) is 9.05 Å². The van der Waals surface area contributed by atoms with Gasteiger partial charge in [-0.2, -0.15) is 74.6 Å². The van der Waals surface area contributed by atoms with Gasteiger partial charge in [-0.05, 0) is 12.8 Å². The van der Waals surface area contributed by atoms with Crippen LogP contribution >= 0.6 is 7.82 Å². The molecule has 0 rings (SSSR count). The molecule has 0 heterocycles. The number of rotatable bonds is 23. The summed E-state index contributed by atoms with van der Waals surface area (Å²) in [7, 11) is 0.955. The van der Waals surface area contributed by atoms with Crippen LogP contribution in [0, 0.1) is 0 Å². The third-order valence-electron chi connectivity index (χ3n) is 6.68. The normalized spacial score (nSPS) is 16.4. The van der Waals surface area contributed by atoms with Gasteiger partial charge in [-0.15, -0.1) is 0 Å². The molecule has 284 valence electrons. The smallest absolute Gasteiger partial charge is 0.460 e. The first kappa shape index (κ1) is 45.9. The maximum absolute atomic E-state index is 13.9. The molecule has 0 saturated carbocycles. The number of hydrogen-bond acceptors (Lipinski definition) is 4. The lowest BCUT2D eigenvalue weighted by molar-refractivity contribution is -0.870. The number of halogens is 17. The molecule has 0 radical (unpaired) electrons.